The van der Waals surface area contributed by atoms with Crippen LogP contribution in [0.4, 0.5) is 0 Å². The average Bonchev–Trinajstić information content (AvgIpc) is 2.53. The summed E-state index contributed by atoms with van der Waals surface area (Å²) in [6.45, 7) is 2.08. The average molecular weight is 260 g/mol. The molecule has 0 unspecified atom stereocenters. The van der Waals surface area contributed by atoms with Gasteiger partial charge in [-0.3, -0.25) is 4.79 Å². The van der Waals surface area contributed by atoms with Gasteiger partial charge in [0.05, 0.1) is 0 Å². The van der Waals surface area contributed by atoms with Crippen LogP contribution in [-0.4, -0.2) is 5.78 Å². The maximum atomic E-state index is 12.8. The molecule has 0 atom stereocenters. The zero-order chi connectivity index (χ0) is 13.9. The van der Waals surface area contributed by atoms with E-state index in [0.29, 0.717) is 0 Å². The molecule has 0 saturated heterocycles. The van der Waals surface area contributed by atoms with Crippen LogP contribution in [0.1, 0.15) is 28.4 Å². The minimum atomic E-state index is 0.110. The van der Waals surface area contributed by atoms with E-state index in [9.17, 15) is 4.79 Å². The van der Waals surface area contributed by atoms with Crippen LogP contribution < -0.4 is 0 Å². The van der Waals surface area contributed by atoms with Crippen molar-refractivity contribution in [2.45, 2.75) is 13.3 Å². The largest absolute Gasteiger partial charge is 0.289 e. The van der Waals surface area contributed by atoms with Gasteiger partial charge in [0, 0.05) is 11.1 Å². The molecule has 0 aromatic heterocycles. The molecule has 0 N–H and O–H groups in total. The van der Waals surface area contributed by atoms with Gasteiger partial charge in [0.1, 0.15) is 0 Å². The van der Waals surface area contributed by atoms with Gasteiger partial charge in [-0.2, -0.15) is 0 Å². The Morgan fingerprint density at radius 1 is 0.800 bits per heavy atom. The van der Waals surface area contributed by atoms with E-state index in [-0.39, 0.29) is 5.78 Å². The van der Waals surface area contributed by atoms with E-state index in [2.05, 4.69) is 6.92 Å². The highest BCUT2D eigenvalue weighted by molar-refractivity contribution is 6.17. The highest BCUT2D eigenvalue weighted by Gasteiger charge is 2.14. The van der Waals surface area contributed by atoms with Crippen molar-refractivity contribution in [3.05, 3.63) is 83.4 Å². The highest BCUT2D eigenvalue weighted by atomic mass is 16.1. The number of hydrogen-bond donors (Lipinski definition) is 0. The Bertz CT molecular complexity index is 766. The third-order valence-electron chi connectivity index (χ3n) is 3.68. The maximum Gasteiger partial charge on any atom is 0.193 e. The first-order valence-corrected chi connectivity index (χ1v) is 6.91. The zero-order valence-electron chi connectivity index (χ0n) is 11.5. The van der Waals surface area contributed by atoms with Gasteiger partial charge in [0.15, 0.2) is 5.78 Å². The third-order valence-corrected chi connectivity index (χ3v) is 3.68. The summed E-state index contributed by atoms with van der Waals surface area (Å²) in [5, 5.41) is 2.12. The summed E-state index contributed by atoms with van der Waals surface area (Å²) in [6, 6.07) is 21.8. The first-order chi connectivity index (χ1) is 9.81. The molecular weight excluding hydrogens is 244 g/mol. The van der Waals surface area contributed by atoms with E-state index >= 15 is 0 Å². The van der Waals surface area contributed by atoms with Crippen molar-refractivity contribution >= 4 is 16.6 Å². The SMILES string of the molecule is CCc1ccccc1C(=O)c1cccc2ccccc12. The molecule has 3 aromatic carbocycles. The lowest BCUT2D eigenvalue weighted by atomic mass is 9.94. The molecule has 0 spiro atoms. The van der Waals surface area contributed by atoms with Gasteiger partial charge in [0.2, 0.25) is 0 Å². The normalized spacial score (nSPS) is 10.7. The molecule has 0 bridgehead atoms. The molecule has 98 valence electrons. The van der Waals surface area contributed by atoms with Gasteiger partial charge >= 0.3 is 0 Å². The molecule has 20 heavy (non-hydrogen) atoms. The number of fused-ring (bicyclic) bond motifs is 1. The molecule has 0 radical (unpaired) electrons. The molecular formula is C19H16O. The predicted molar refractivity (Wildman–Crippen MR) is 83.2 cm³/mol. The number of carbonyl (C=O) groups excluding carboxylic acids is 1. The summed E-state index contributed by atoms with van der Waals surface area (Å²) in [5.74, 6) is 0.110. The van der Waals surface area contributed by atoms with Gasteiger partial charge in [0.25, 0.3) is 0 Å². The van der Waals surface area contributed by atoms with Crippen LogP contribution in [0.25, 0.3) is 10.8 Å². The van der Waals surface area contributed by atoms with E-state index in [0.717, 1.165) is 33.9 Å². The topological polar surface area (TPSA) is 17.1 Å². The zero-order valence-corrected chi connectivity index (χ0v) is 11.5. The van der Waals surface area contributed by atoms with Gasteiger partial charge in [-0.1, -0.05) is 73.7 Å². The second kappa shape index (κ2) is 5.30. The van der Waals surface area contributed by atoms with Crippen molar-refractivity contribution in [3.8, 4) is 0 Å². The lowest BCUT2D eigenvalue weighted by Gasteiger charge is -2.09. The van der Waals surface area contributed by atoms with Crippen LogP contribution in [-0.2, 0) is 6.42 Å². The molecule has 0 saturated carbocycles. The first kappa shape index (κ1) is 12.6. The monoisotopic (exact) mass is 260 g/mol. The number of aryl methyl sites for hydroxylation is 1. The molecule has 0 amide bonds. The fraction of sp³-hybridized carbons (Fsp3) is 0.105. The summed E-state index contributed by atoms with van der Waals surface area (Å²) >= 11 is 0. The van der Waals surface area contributed by atoms with E-state index in [1.165, 1.54) is 0 Å². The molecule has 0 heterocycles. The van der Waals surface area contributed by atoms with Crippen molar-refractivity contribution in [2.24, 2.45) is 0 Å². The summed E-state index contributed by atoms with van der Waals surface area (Å²) in [4.78, 5) is 12.8. The van der Waals surface area contributed by atoms with E-state index in [1.807, 2.05) is 66.7 Å². The molecule has 0 fully saturated rings. The minimum Gasteiger partial charge on any atom is -0.289 e. The second-order valence-corrected chi connectivity index (χ2v) is 4.87. The Hall–Kier alpha value is -2.41. The Morgan fingerprint density at radius 3 is 2.30 bits per heavy atom. The molecule has 0 aliphatic carbocycles. The second-order valence-electron chi connectivity index (χ2n) is 4.87. The van der Waals surface area contributed by atoms with Crippen LogP contribution in [0.5, 0.6) is 0 Å². The predicted octanol–water partition coefficient (Wildman–Crippen LogP) is 4.63. The number of carbonyl (C=O) groups is 1. The lowest BCUT2D eigenvalue weighted by Crippen LogP contribution is -2.05. The van der Waals surface area contributed by atoms with E-state index < -0.39 is 0 Å². The van der Waals surface area contributed by atoms with Gasteiger partial charge in [-0.25, -0.2) is 0 Å². The van der Waals surface area contributed by atoms with Crippen LogP contribution in [0.2, 0.25) is 0 Å². The van der Waals surface area contributed by atoms with Gasteiger partial charge in [-0.05, 0) is 22.8 Å². The van der Waals surface area contributed by atoms with Crippen molar-refractivity contribution in [1.29, 1.82) is 0 Å². The maximum absolute atomic E-state index is 12.8. The number of hydrogen-bond acceptors (Lipinski definition) is 1. The van der Waals surface area contributed by atoms with Crippen molar-refractivity contribution in [3.63, 3.8) is 0 Å². The standard InChI is InChI=1S/C19H16O/c1-2-14-8-3-6-12-17(14)19(20)18-13-7-10-15-9-4-5-11-16(15)18/h3-13H,2H2,1H3. The lowest BCUT2D eigenvalue weighted by molar-refractivity contribution is 0.103. The first-order valence-electron chi connectivity index (χ1n) is 6.91. The van der Waals surface area contributed by atoms with Crippen molar-refractivity contribution in [1.82, 2.24) is 0 Å². The van der Waals surface area contributed by atoms with Crippen molar-refractivity contribution in [2.75, 3.05) is 0 Å². The summed E-state index contributed by atoms with van der Waals surface area (Å²) in [7, 11) is 0. The Balaban J connectivity index is 2.18. The number of rotatable bonds is 3. The van der Waals surface area contributed by atoms with E-state index in [1.54, 1.807) is 0 Å². The molecule has 3 rings (SSSR count). The van der Waals surface area contributed by atoms with Crippen LogP contribution in [0.15, 0.2) is 66.7 Å². The Kier molecular flexibility index (Phi) is 3.34. The van der Waals surface area contributed by atoms with Gasteiger partial charge in [-0.15, -0.1) is 0 Å². The Morgan fingerprint density at radius 2 is 1.45 bits per heavy atom. The fourth-order valence-electron chi connectivity index (χ4n) is 2.62. The van der Waals surface area contributed by atoms with Crippen LogP contribution >= 0.6 is 0 Å². The molecule has 0 aliphatic rings. The quantitative estimate of drug-likeness (QED) is 0.627. The smallest absolute Gasteiger partial charge is 0.193 e. The molecule has 3 aromatic rings. The number of benzene rings is 3. The summed E-state index contributed by atoms with van der Waals surface area (Å²) in [5.41, 5.74) is 2.70. The Labute approximate surface area is 118 Å². The van der Waals surface area contributed by atoms with E-state index in [4.69, 9.17) is 0 Å². The molecule has 1 nitrogen and oxygen atoms in total. The highest BCUT2D eigenvalue weighted by Crippen LogP contribution is 2.23. The summed E-state index contributed by atoms with van der Waals surface area (Å²) < 4.78 is 0. The van der Waals surface area contributed by atoms with Crippen molar-refractivity contribution < 1.29 is 4.79 Å². The fourth-order valence-corrected chi connectivity index (χ4v) is 2.62. The summed E-state index contributed by atoms with van der Waals surface area (Å²) in [6.07, 6.45) is 0.868. The number of ketones is 1. The third kappa shape index (κ3) is 2.12. The van der Waals surface area contributed by atoms with Crippen LogP contribution in [0.3, 0.4) is 0 Å². The molecule has 1 heteroatoms. The molecule has 0 aliphatic heterocycles. The van der Waals surface area contributed by atoms with Crippen LogP contribution in [0, 0.1) is 0 Å². The minimum absolute atomic E-state index is 0.110. The van der Waals surface area contributed by atoms with Gasteiger partial charge < -0.3 is 0 Å².